The molecule has 3 aromatic rings. The van der Waals surface area contributed by atoms with Gasteiger partial charge < -0.3 is 4.42 Å². The van der Waals surface area contributed by atoms with Gasteiger partial charge in [-0.05, 0) is 35.9 Å². The number of pyridine rings is 1. The fraction of sp³-hybridized carbons (Fsp3) is 0. The van der Waals surface area contributed by atoms with Crippen LogP contribution in [0.25, 0.3) is 11.1 Å². The van der Waals surface area contributed by atoms with Crippen LogP contribution in [0.1, 0.15) is 0 Å². The lowest BCUT2D eigenvalue weighted by molar-refractivity contribution is 0.604. The summed E-state index contributed by atoms with van der Waals surface area (Å²) >= 11 is 5.51. The molecule has 16 heavy (non-hydrogen) atoms. The summed E-state index contributed by atoms with van der Waals surface area (Å²) in [6.07, 6.45) is 3.50. The molecule has 0 aliphatic rings. The second kappa shape index (κ2) is 5.28. The van der Waals surface area contributed by atoms with E-state index in [1.165, 1.54) is 0 Å². The van der Waals surface area contributed by atoms with Crippen LogP contribution in [-0.2, 0) is 0 Å². The highest BCUT2D eigenvalue weighted by atomic mass is 35.5. The Bertz CT molecular complexity index is 491. The van der Waals surface area contributed by atoms with Crippen molar-refractivity contribution < 1.29 is 4.42 Å². The van der Waals surface area contributed by atoms with E-state index >= 15 is 0 Å². The summed E-state index contributed by atoms with van der Waals surface area (Å²) in [4.78, 5) is 7.70. The molecular weight excluding hydrogens is 224 g/mol. The van der Waals surface area contributed by atoms with Gasteiger partial charge in [0.2, 0.25) is 0 Å². The first-order valence-electron chi connectivity index (χ1n) is 4.72. The van der Waals surface area contributed by atoms with Crippen molar-refractivity contribution in [3.05, 3.63) is 60.2 Å². The van der Waals surface area contributed by atoms with Crippen molar-refractivity contribution in [2.24, 2.45) is 0 Å². The second-order valence-corrected chi connectivity index (χ2v) is 3.28. The molecule has 0 saturated heterocycles. The monoisotopic (exact) mass is 232 g/mol. The second-order valence-electron chi connectivity index (χ2n) is 2.96. The predicted molar refractivity (Wildman–Crippen MR) is 63.3 cm³/mol. The van der Waals surface area contributed by atoms with Gasteiger partial charge in [-0.15, -0.1) is 0 Å². The van der Waals surface area contributed by atoms with Crippen LogP contribution >= 0.6 is 11.6 Å². The number of aromatic nitrogens is 2. The largest absolute Gasteiger partial charge is 0.428 e. The molecule has 0 bridgehead atoms. The number of hydrogen-bond donors (Lipinski definition) is 0. The maximum absolute atomic E-state index is 5.51. The fourth-order valence-electron chi connectivity index (χ4n) is 1.16. The van der Waals surface area contributed by atoms with E-state index in [4.69, 9.17) is 16.0 Å². The van der Waals surface area contributed by atoms with Crippen LogP contribution in [0.3, 0.4) is 0 Å². The van der Waals surface area contributed by atoms with Crippen molar-refractivity contribution in [3.8, 4) is 0 Å². The summed E-state index contributed by atoms with van der Waals surface area (Å²) in [7, 11) is 0. The van der Waals surface area contributed by atoms with Crippen molar-refractivity contribution in [2.45, 2.75) is 0 Å². The molecule has 0 radical (unpaired) electrons. The van der Waals surface area contributed by atoms with E-state index in [2.05, 4.69) is 9.97 Å². The summed E-state index contributed by atoms with van der Waals surface area (Å²) in [5, 5.41) is 0.196. The van der Waals surface area contributed by atoms with Crippen molar-refractivity contribution in [1.29, 1.82) is 0 Å². The van der Waals surface area contributed by atoms with Crippen LogP contribution in [-0.4, -0.2) is 9.97 Å². The number of hydrogen-bond acceptors (Lipinski definition) is 3. The Labute approximate surface area is 97.7 Å². The predicted octanol–water partition coefficient (Wildman–Crippen LogP) is 3.56. The first kappa shape index (κ1) is 10.6. The molecule has 0 N–H and O–H groups in total. The van der Waals surface area contributed by atoms with E-state index in [1.54, 1.807) is 12.4 Å². The molecule has 0 spiro atoms. The van der Waals surface area contributed by atoms with Gasteiger partial charge >= 0.3 is 0 Å². The van der Waals surface area contributed by atoms with Gasteiger partial charge in [-0.25, -0.2) is 0 Å². The minimum atomic E-state index is 0.196. The highest BCUT2D eigenvalue weighted by Crippen LogP contribution is 2.17. The van der Waals surface area contributed by atoms with E-state index in [0.29, 0.717) is 0 Å². The molecule has 2 aromatic heterocycles. The zero-order valence-corrected chi connectivity index (χ0v) is 9.13. The molecule has 3 rings (SSSR count). The van der Waals surface area contributed by atoms with E-state index < -0.39 is 0 Å². The fourth-order valence-corrected chi connectivity index (χ4v) is 1.33. The Morgan fingerprint density at radius 2 is 1.69 bits per heavy atom. The van der Waals surface area contributed by atoms with E-state index in [0.717, 1.165) is 11.1 Å². The minimum Gasteiger partial charge on any atom is -0.428 e. The molecule has 0 aliphatic carbocycles. The molecule has 2 heterocycles. The number of halogens is 1. The minimum absolute atomic E-state index is 0.196. The summed E-state index contributed by atoms with van der Waals surface area (Å²) in [6.45, 7) is 0. The SMILES string of the molecule is Clc1nc2ccccc2o1.c1ccncc1. The van der Waals surface area contributed by atoms with Crippen molar-refractivity contribution >= 4 is 22.7 Å². The van der Waals surface area contributed by atoms with Crippen LogP contribution in [0.5, 0.6) is 0 Å². The molecule has 0 saturated carbocycles. The number of para-hydroxylation sites is 2. The topological polar surface area (TPSA) is 38.9 Å². The summed E-state index contributed by atoms with van der Waals surface area (Å²) in [5.74, 6) is 0. The average molecular weight is 233 g/mol. The zero-order chi connectivity index (χ0) is 11.2. The molecule has 0 unspecified atom stereocenters. The number of benzene rings is 1. The average Bonchev–Trinajstić information content (AvgIpc) is 2.72. The number of oxazole rings is 1. The van der Waals surface area contributed by atoms with Crippen LogP contribution in [0, 0.1) is 0 Å². The van der Waals surface area contributed by atoms with Crippen molar-refractivity contribution in [2.75, 3.05) is 0 Å². The lowest BCUT2D eigenvalue weighted by Crippen LogP contribution is -1.62. The number of fused-ring (bicyclic) bond motifs is 1. The molecule has 3 nitrogen and oxygen atoms in total. The highest BCUT2D eigenvalue weighted by molar-refractivity contribution is 6.28. The molecular formula is C12H9ClN2O. The van der Waals surface area contributed by atoms with Crippen molar-refractivity contribution in [1.82, 2.24) is 9.97 Å². The summed E-state index contributed by atoms with van der Waals surface area (Å²) < 4.78 is 5.02. The smallest absolute Gasteiger partial charge is 0.293 e. The van der Waals surface area contributed by atoms with Gasteiger partial charge in [0.1, 0.15) is 5.52 Å². The maximum atomic E-state index is 5.51. The maximum Gasteiger partial charge on any atom is 0.293 e. The van der Waals surface area contributed by atoms with Gasteiger partial charge in [-0.2, -0.15) is 4.98 Å². The van der Waals surface area contributed by atoms with E-state index in [9.17, 15) is 0 Å². The first-order chi connectivity index (χ1) is 7.86. The third-order valence-corrected chi connectivity index (χ3v) is 2.00. The van der Waals surface area contributed by atoms with Crippen LogP contribution in [0.15, 0.2) is 59.3 Å². The Morgan fingerprint density at radius 1 is 0.938 bits per heavy atom. The zero-order valence-electron chi connectivity index (χ0n) is 8.38. The molecule has 80 valence electrons. The molecule has 1 aromatic carbocycles. The standard InChI is InChI=1S/C7H4ClNO.C5H5N/c8-7-9-5-3-1-2-4-6(5)10-7;1-2-4-6-5-3-1/h1-4H;1-5H. The van der Waals surface area contributed by atoms with Gasteiger partial charge in [0.05, 0.1) is 0 Å². The lowest BCUT2D eigenvalue weighted by atomic mass is 10.3. The molecule has 0 fully saturated rings. The Hall–Kier alpha value is -1.87. The van der Waals surface area contributed by atoms with Gasteiger partial charge in [0.25, 0.3) is 5.35 Å². The number of nitrogens with zero attached hydrogens (tertiary/aromatic N) is 2. The Kier molecular flexibility index (Phi) is 3.51. The third kappa shape index (κ3) is 2.81. The molecule has 0 atom stereocenters. The first-order valence-corrected chi connectivity index (χ1v) is 5.10. The Balaban J connectivity index is 0.000000138. The lowest BCUT2D eigenvalue weighted by Gasteiger charge is -1.79. The van der Waals surface area contributed by atoms with Crippen LogP contribution in [0.4, 0.5) is 0 Å². The quantitative estimate of drug-likeness (QED) is 0.595. The van der Waals surface area contributed by atoms with E-state index in [-0.39, 0.29) is 5.35 Å². The van der Waals surface area contributed by atoms with Crippen LogP contribution < -0.4 is 0 Å². The molecule has 4 heteroatoms. The number of rotatable bonds is 0. The normalized spacial score (nSPS) is 9.56. The Morgan fingerprint density at radius 3 is 2.25 bits per heavy atom. The molecule has 0 amide bonds. The van der Waals surface area contributed by atoms with Gasteiger partial charge in [-0.3, -0.25) is 4.98 Å². The third-order valence-electron chi connectivity index (χ3n) is 1.83. The summed E-state index contributed by atoms with van der Waals surface area (Å²) in [6, 6.07) is 13.2. The summed E-state index contributed by atoms with van der Waals surface area (Å²) in [5.41, 5.74) is 1.53. The van der Waals surface area contributed by atoms with Gasteiger partial charge in [0, 0.05) is 12.4 Å². The molecule has 0 aliphatic heterocycles. The van der Waals surface area contributed by atoms with Gasteiger partial charge in [-0.1, -0.05) is 18.2 Å². The highest BCUT2D eigenvalue weighted by Gasteiger charge is 1.99. The van der Waals surface area contributed by atoms with Gasteiger partial charge in [0.15, 0.2) is 5.58 Å². The van der Waals surface area contributed by atoms with E-state index in [1.807, 2.05) is 42.5 Å². The van der Waals surface area contributed by atoms with Crippen molar-refractivity contribution in [3.63, 3.8) is 0 Å². The van der Waals surface area contributed by atoms with Crippen LogP contribution in [0.2, 0.25) is 5.35 Å².